The second kappa shape index (κ2) is 8.29. The fourth-order valence-electron chi connectivity index (χ4n) is 3.34. The van der Waals surface area contributed by atoms with Crippen molar-refractivity contribution in [3.63, 3.8) is 0 Å². The molecule has 0 unspecified atom stereocenters. The van der Waals surface area contributed by atoms with Crippen molar-refractivity contribution in [3.05, 3.63) is 52.6 Å². The lowest BCUT2D eigenvalue weighted by atomic mass is 10.1. The number of thiazole rings is 1. The van der Waals surface area contributed by atoms with Crippen LogP contribution in [-0.4, -0.2) is 51.1 Å². The Morgan fingerprint density at radius 3 is 2.33 bits per heavy atom. The van der Waals surface area contributed by atoms with Gasteiger partial charge < -0.3 is 4.52 Å². The number of rotatable bonds is 6. The van der Waals surface area contributed by atoms with Gasteiger partial charge in [0.1, 0.15) is 5.01 Å². The normalized spacial score (nSPS) is 16.1. The van der Waals surface area contributed by atoms with Gasteiger partial charge in [-0.15, -0.1) is 11.3 Å². The van der Waals surface area contributed by atoms with Crippen molar-refractivity contribution in [2.45, 2.75) is 33.4 Å². The zero-order valence-corrected chi connectivity index (χ0v) is 16.7. The minimum Gasteiger partial charge on any atom is -0.340 e. The van der Waals surface area contributed by atoms with Gasteiger partial charge in [-0.05, 0) is 12.0 Å². The summed E-state index contributed by atoms with van der Waals surface area (Å²) < 4.78 is 5.05. The van der Waals surface area contributed by atoms with Crippen molar-refractivity contribution in [2.24, 2.45) is 0 Å². The molecular formula is C20H25N5OS. The third kappa shape index (κ3) is 4.61. The van der Waals surface area contributed by atoms with Crippen molar-refractivity contribution in [2.75, 3.05) is 26.2 Å². The molecule has 1 aliphatic heterocycles. The molecule has 0 radical (unpaired) electrons. The smallest absolute Gasteiger partial charge is 0.223 e. The van der Waals surface area contributed by atoms with Crippen LogP contribution in [-0.2, 0) is 19.5 Å². The predicted molar refractivity (Wildman–Crippen MR) is 107 cm³/mol. The molecule has 7 heteroatoms. The highest BCUT2D eigenvalue weighted by Crippen LogP contribution is 2.25. The van der Waals surface area contributed by atoms with Crippen LogP contribution in [0, 0.1) is 6.92 Å². The van der Waals surface area contributed by atoms with E-state index in [0.29, 0.717) is 5.89 Å². The van der Waals surface area contributed by atoms with Crippen molar-refractivity contribution in [1.82, 2.24) is 24.9 Å². The average molecular weight is 384 g/mol. The van der Waals surface area contributed by atoms with E-state index in [9.17, 15) is 0 Å². The minimum absolute atomic E-state index is 0.632. The van der Waals surface area contributed by atoms with Gasteiger partial charge in [0.15, 0.2) is 5.82 Å². The van der Waals surface area contributed by atoms with Crippen LogP contribution in [0.5, 0.6) is 0 Å². The molecule has 1 aromatic carbocycles. The van der Waals surface area contributed by atoms with Crippen molar-refractivity contribution in [1.29, 1.82) is 0 Å². The number of hydrogen-bond donors (Lipinski definition) is 0. The maximum atomic E-state index is 5.05. The van der Waals surface area contributed by atoms with Crippen LogP contribution < -0.4 is 0 Å². The van der Waals surface area contributed by atoms with Crippen molar-refractivity contribution in [3.8, 4) is 10.6 Å². The lowest BCUT2D eigenvalue weighted by Crippen LogP contribution is -2.45. The Balaban J connectivity index is 1.29. The fraction of sp³-hybridized carbons (Fsp3) is 0.450. The van der Waals surface area contributed by atoms with Crippen LogP contribution >= 0.6 is 11.3 Å². The van der Waals surface area contributed by atoms with E-state index in [1.165, 1.54) is 11.1 Å². The average Bonchev–Trinajstić information content (AvgIpc) is 3.32. The first-order valence-corrected chi connectivity index (χ1v) is 10.3. The molecule has 142 valence electrons. The van der Waals surface area contributed by atoms with Crippen molar-refractivity contribution >= 4 is 11.3 Å². The lowest BCUT2D eigenvalue weighted by Gasteiger charge is -2.33. The maximum Gasteiger partial charge on any atom is 0.223 e. The number of piperazine rings is 1. The first-order valence-electron chi connectivity index (χ1n) is 9.47. The lowest BCUT2D eigenvalue weighted by molar-refractivity contribution is 0.118. The Hall–Kier alpha value is -2.09. The summed E-state index contributed by atoms with van der Waals surface area (Å²) in [6.07, 6.45) is 1.07. The molecule has 0 atom stereocenters. The predicted octanol–water partition coefficient (Wildman–Crippen LogP) is 3.38. The van der Waals surface area contributed by atoms with Gasteiger partial charge in [0, 0.05) is 50.6 Å². The van der Waals surface area contributed by atoms with Crippen LogP contribution in [0.3, 0.4) is 0 Å². The molecule has 4 rings (SSSR count). The highest BCUT2D eigenvalue weighted by molar-refractivity contribution is 7.13. The highest BCUT2D eigenvalue weighted by atomic mass is 32.1. The van der Waals surface area contributed by atoms with Gasteiger partial charge in [0.05, 0.1) is 12.2 Å². The van der Waals surface area contributed by atoms with Crippen LogP contribution in [0.15, 0.2) is 34.2 Å². The number of hydrogen-bond acceptors (Lipinski definition) is 7. The molecule has 1 aliphatic rings. The van der Waals surface area contributed by atoms with Gasteiger partial charge in [-0.2, -0.15) is 4.98 Å². The zero-order chi connectivity index (χ0) is 18.6. The SMILES string of the molecule is CCc1ccc(-c2nc(CN3CCN(Cc4noc(C)n4)CC3)cs2)cc1. The number of aryl methyl sites for hydroxylation is 2. The maximum absolute atomic E-state index is 5.05. The molecular weight excluding hydrogens is 358 g/mol. The molecule has 0 N–H and O–H groups in total. The van der Waals surface area contributed by atoms with E-state index in [0.717, 1.165) is 62.2 Å². The third-order valence-electron chi connectivity index (χ3n) is 4.95. The summed E-state index contributed by atoms with van der Waals surface area (Å²) in [7, 11) is 0. The summed E-state index contributed by atoms with van der Waals surface area (Å²) in [6, 6.07) is 8.75. The van der Waals surface area contributed by atoms with Gasteiger partial charge in [0.25, 0.3) is 0 Å². The fourth-order valence-corrected chi connectivity index (χ4v) is 4.15. The number of aromatic nitrogens is 3. The van der Waals surface area contributed by atoms with E-state index < -0.39 is 0 Å². The second-order valence-electron chi connectivity index (χ2n) is 6.98. The molecule has 3 aromatic rings. The molecule has 0 saturated carbocycles. The first-order chi connectivity index (χ1) is 13.2. The van der Waals surface area contributed by atoms with Gasteiger partial charge in [0.2, 0.25) is 5.89 Å². The standard InChI is InChI=1S/C20H25N5OS/c1-3-16-4-6-17(7-5-16)20-22-18(14-27-20)12-24-8-10-25(11-9-24)13-19-21-15(2)26-23-19/h4-7,14H,3,8-13H2,1-2H3. The van der Waals surface area contributed by atoms with Gasteiger partial charge in [-0.25, -0.2) is 4.98 Å². The molecule has 0 bridgehead atoms. The molecule has 1 fully saturated rings. The molecule has 0 amide bonds. The minimum atomic E-state index is 0.632. The van der Waals surface area contributed by atoms with Crippen LogP contribution in [0.4, 0.5) is 0 Å². The zero-order valence-electron chi connectivity index (χ0n) is 15.9. The molecule has 27 heavy (non-hydrogen) atoms. The summed E-state index contributed by atoms with van der Waals surface area (Å²) in [6.45, 7) is 9.79. The van der Waals surface area contributed by atoms with Gasteiger partial charge in [-0.1, -0.05) is 36.3 Å². The van der Waals surface area contributed by atoms with Crippen LogP contribution in [0.1, 0.15) is 29.9 Å². The van der Waals surface area contributed by atoms with E-state index in [1.807, 2.05) is 6.92 Å². The summed E-state index contributed by atoms with van der Waals surface area (Å²) >= 11 is 1.73. The topological polar surface area (TPSA) is 58.3 Å². The molecule has 3 heterocycles. The first kappa shape index (κ1) is 18.3. The highest BCUT2D eigenvalue weighted by Gasteiger charge is 2.19. The van der Waals surface area contributed by atoms with Crippen LogP contribution in [0.2, 0.25) is 0 Å². The largest absolute Gasteiger partial charge is 0.340 e. The monoisotopic (exact) mass is 383 g/mol. The van der Waals surface area contributed by atoms with Gasteiger partial charge in [-0.3, -0.25) is 9.80 Å². The van der Waals surface area contributed by atoms with E-state index in [4.69, 9.17) is 9.51 Å². The Labute approximate surface area is 163 Å². The molecule has 0 spiro atoms. The number of benzene rings is 1. The van der Waals surface area contributed by atoms with Gasteiger partial charge >= 0.3 is 0 Å². The van der Waals surface area contributed by atoms with E-state index >= 15 is 0 Å². The van der Waals surface area contributed by atoms with E-state index in [-0.39, 0.29) is 0 Å². The molecule has 1 saturated heterocycles. The third-order valence-corrected chi connectivity index (χ3v) is 5.89. The molecule has 2 aromatic heterocycles. The quantitative estimate of drug-likeness (QED) is 0.650. The molecule has 0 aliphatic carbocycles. The summed E-state index contributed by atoms with van der Waals surface area (Å²) in [5.74, 6) is 1.41. The Bertz CT molecular complexity index is 865. The Kier molecular flexibility index (Phi) is 5.61. The van der Waals surface area contributed by atoms with Crippen molar-refractivity contribution < 1.29 is 4.52 Å². The van der Waals surface area contributed by atoms with E-state index in [2.05, 4.69) is 56.5 Å². The van der Waals surface area contributed by atoms with Crippen LogP contribution in [0.25, 0.3) is 10.6 Å². The summed E-state index contributed by atoms with van der Waals surface area (Å²) in [5, 5.41) is 7.29. The summed E-state index contributed by atoms with van der Waals surface area (Å²) in [4.78, 5) is 14.0. The van der Waals surface area contributed by atoms with E-state index in [1.54, 1.807) is 11.3 Å². The summed E-state index contributed by atoms with van der Waals surface area (Å²) in [5.41, 5.74) is 3.74. The Morgan fingerprint density at radius 2 is 1.70 bits per heavy atom. The molecule has 6 nitrogen and oxygen atoms in total. The second-order valence-corrected chi connectivity index (χ2v) is 7.83. The number of nitrogens with zero attached hydrogens (tertiary/aromatic N) is 5. The Morgan fingerprint density at radius 1 is 1.00 bits per heavy atom.